The third kappa shape index (κ3) is 1.57. The number of aromatic nitrogens is 1. The van der Waals surface area contributed by atoms with Crippen molar-refractivity contribution in [2.45, 2.75) is 6.04 Å². The highest BCUT2D eigenvalue weighted by Gasteiger charge is 2.24. The highest BCUT2D eigenvalue weighted by molar-refractivity contribution is 6.45. The molecule has 3 aromatic rings. The minimum atomic E-state index is 0.107. The molecule has 2 aromatic carbocycles. The first kappa shape index (κ1) is 12.1. The summed E-state index contributed by atoms with van der Waals surface area (Å²) in [6.45, 7) is 0. The van der Waals surface area contributed by atoms with Crippen molar-refractivity contribution in [2.24, 2.45) is 0 Å². The van der Waals surface area contributed by atoms with E-state index in [-0.39, 0.29) is 6.04 Å². The third-order valence-electron chi connectivity index (χ3n) is 3.84. The van der Waals surface area contributed by atoms with Crippen LogP contribution in [0.5, 0.6) is 0 Å². The van der Waals surface area contributed by atoms with Gasteiger partial charge in [-0.15, -0.1) is 0 Å². The molecular weight excluding hydrogens is 289 g/mol. The quantitative estimate of drug-likeness (QED) is 0.554. The Morgan fingerprint density at radius 3 is 2.55 bits per heavy atom. The maximum Gasteiger partial charge on any atom is 0.129 e. The van der Waals surface area contributed by atoms with Crippen molar-refractivity contribution in [1.29, 1.82) is 0 Å². The summed E-state index contributed by atoms with van der Waals surface area (Å²) in [5, 5.41) is 2.22. The van der Waals surface area contributed by atoms with E-state index in [1.165, 1.54) is 11.1 Å². The first-order chi connectivity index (χ1) is 9.77. The summed E-state index contributed by atoms with van der Waals surface area (Å²) in [4.78, 5) is 0. The SMILES string of the molecule is Clc1c(Cl)n(C2C=Cc3ccccc32)c2ccccc12. The number of nitrogens with zero attached hydrogens (tertiary/aromatic N) is 1. The van der Waals surface area contributed by atoms with Crippen molar-refractivity contribution >= 4 is 40.2 Å². The van der Waals surface area contributed by atoms with Gasteiger partial charge in [0.2, 0.25) is 0 Å². The van der Waals surface area contributed by atoms with Crippen molar-refractivity contribution in [1.82, 2.24) is 4.57 Å². The third-order valence-corrected chi connectivity index (χ3v) is 4.69. The molecule has 1 aromatic heterocycles. The average molecular weight is 300 g/mol. The molecule has 0 spiro atoms. The van der Waals surface area contributed by atoms with Gasteiger partial charge in [-0.25, -0.2) is 0 Å². The van der Waals surface area contributed by atoms with Crippen molar-refractivity contribution in [3.05, 3.63) is 75.9 Å². The maximum atomic E-state index is 6.48. The molecule has 0 aliphatic heterocycles. The van der Waals surface area contributed by atoms with E-state index in [1.54, 1.807) is 0 Å². The van der Waals surface area contributed by atoms with Gasteiger partial charge in [0.25, 0.3) is 0 Å². The largest absolute Gasteiger partial charge is 0.319 e. The summed E-state index contributed by atoms with van der Waals surface area (Å²) < 4.78 is 2.10. The second-order valence-electron chi connectivity index (χ2n) is 4.92. The van der Waals surface area contributed by atoms with Gasteiger partial charge >= 0.3 is 0 Å². The Hall–Kier alpha value is -1.70. The predicted octanol–water partition coefficient (Wildman–Crippen LogP) is 5.56. The molecule has 98 valence electrons. The molecule has 0 bridgehead atoms. The Morgan fingerprint density at radius 2 is 1.65 bits per heavy atom. The van der Waals surface area contributed by atoms with E-state index >= 15 is 0 Å². The van der Waals surface area contributed by atoms with Crippen molar-refractivity contribution in [3.8, 4) is 0 Å². The number of benzene rings is 2. The lowest BCUT2D eigenvalue weighted by molar-refractivity contribution is 0.741. The van der Waals surface area contributed by atoms with Crippen LogP contribution >= 0.6 is 23.2 Å². The Morgan fingerprint density at radius 1 is 0.900 bits per heavy atom. The second kappa shape index (κ2) is 4.41. The highest BCUT2D eigenvalue weighted by Crippen LogP contribution is 2.41. The van der Waals surface area contributed by atoms with Crippen LogP contribution in [0.25, 0.3) is 17.0 Å². The van der Waals surface area contributed by atoms with Crippen LogP contribution < -0.4 is 0 Å². The Balaban J connectivity index is 2.01. The zero-order valence-electron chi connectivity index (χ0n) is 10.6. The fraction of sp³-hybridized carbons (Fsp3) is 0.0588. The number of halogens is 2. The highest BCUT2D eigenvalue weighted by atomic mass is 35.5. The number of hydrogen-bond acceptors (Lipinski definition) is 0. The molecule has 0 saturated carbocycles. The van der Waals surface area contributed by atoms with Gasteiger partial charge in [0.15, 0.2) is 0 Å². The molecule has 0 N–H and O–H groups in total. The van der Waals surface area contributed by atoms with Gasteiger partial charge in [-0.3, -0.25) is 0 Å². The molecule has 0 fully saturated rings. The van der Waals surface area contributed by atoms with Crippen LogP contribution in [-0.2, 0) is 0 Å². The minimum absolute atomic E-state index is 0.107. The van der Waals surface area contributed by atoms with Crippen LogP contribution in [-0.4, -0.2) is 4.57 Å². The monoisotopic (exact) mass is 299 g/mol. The van der Waals surface area contributed by atoms with Crippen LogP contribution in [0.4, 0.5) is 0 Å². The minimum Gasteiger partial charge on any atom is -0.319 e. The normalized spacial score (nSPS) is 16.8. The van der Waals surface area contributed by atoms with Gasteiger partial charge < -0.3 is 4.57 Å². The van der Waals surface area contributed by atoms with Crippen molar-refractivity contribution in [3.63, 3.8) is 0 Å². The molecule has 3 heteroatoms. The fourth-order valence-corrected chi connectivity index (χ4v) is 3.47. The van der Waals surface area contributed by atoms with Gasteiger partial charge in [0.05, 0.1) is 16.6 Å². The number of rotatable bonds is 1. The zero-order valence-corrected chi connectivity index (χ0v) is 12.1. The van der Waals surface area contributed by atoms with E-state index in [0.29, 0.717) is 10.2 Å². The van der Waals surface area contributed by atoms with E-state index in [4.69, 9.17) is 23.2 Å². The summed E-state index contributed by atoms with van der Waals surface area (Å²) in [5.74, 6) is 0. The zero-order chi connectivity index (χ0) is 13.7. The van der Waals surface area contributed by atoms with Crippen LogP contribution in [0.3, 0.4) is 0 Å². The topological polar surface area (TPSA) is 4.93 Å². The standard InChI is InChI=1S/C17H11Cl2N/c18-16-13-7-3-4-8-14(13)20(17(16)19)15-10-9-11-5-1-2-6-12(11)15/h1-10,15H. The van der Waals surface area contributed by atoms with Crippen molar-refractivity contribution < 1.29 is 0 Å². The first-order valence-electron chi connectivity index (χ1n) is 6.48. The number of fused-ring (bicyclic) bond motifs is 2. The first-order valence-corrected chi connectivity index (χ1v) is 7.24. The number of para-hydroxylation sites is 1. The predicted molar refractivity (Wildman–Crippen MR) is 85.6 cm³/mol. The molecule has 1 nitrogen and oxygen atoms in total. The molecular formula is C17H11Cl2N. The van der Waals surface area contributed by atoms with Gasteiger partial charge in [-0.05, 0) is 17.2 Å². The molecule has 1 unspecified atom stereocenters. The van der Waals surface area contributed by atoms with Crippen LogP contribution in [0.1, 0.15) is 17.2 Å². The lowest BCUT2D eigenvalue weighted by Crippen LogP contribution is -2.06. The van der Waals surface area contributed by atoms with Gasteiger partial charge in [0.1, 0.15) is 5.15 Å². The maximum absolute atomic E-state index is 6.48. The van der Waals surface area contributed by atoms with E-state index in [2.05, 4.69) is 41.0 Å². The fourth-order valence-electron chi connectivity index (χ4n) is 2.92. The molecule has 0 amide bonds. The summed E-state index contributed by atoms with van der Waals surface area (Å²) in [7, 11) is 0. The van der Waals surface area contributed by atoms with E-state index in [9.17, 15) is 0 Å². The van der Waals surface area contributed by atoms with Gasteiger partial charge in [-0.2, -0.15) is 0 Å². The number of hydrogen-bond donors (Lipinski definition) is 0. The summed E-state index contributed by atoms with van der Waals surface area (Å²) in [6, 6.07) is 16.5. The molecule has 4 rings (SSSR count). The molecule has 1 heterocycles. The van der Waals surface area contributed by atoms with E-state index in [1.807, 2.05) is 24.3 Å². The summed E-state index contributed by atoms with van der Waals surface area (Å²) >= 11 is 12.9. The smallest absolute Gasteiger partial charge is 0.129 e. The summed E-state index contributed by atoms with van der Waals surface area (Å²) in [5.41, 5.74) is 3.56. The second-order valence-corrected chi connectivity index (χ2v) is 5.66. The van der Waals surface area contributed by atoms with Crippen molar-refractivity contribution in [2.75, 3.05) is 0 Å². The molecule has 0 saturated heterocycles. The van der Waals surface area contributed by atoms with Gasteiger partial charge in [0, 0.05) is 5.39 Å². The number of allylic oxidation sites excluding steroid dienone is 1. The van der Waals surface area contributed by atoms with Gasteiger partial charge in [-0.1, -0.05) is 77.8 Å². The molecule has 1 aliphatic carbocycles. The molecule has 1 aliphatic rings. The van der Waals surface area contributed by atoms with E-state index in [0.717, 1.165) is 10.9 Å². The Kier molecular flexibility index (Phi) is 2.66. The van der Waals surface area contributed by atoms with Crippen LogP contribution in [0.2, 0.25) is 10.2 Å². The van der Waals surface area contributed by atoms with E-state index < -0.39 is 0 Å². The lowest BCUT2D eigenvalue weighted by atomic mass is 10.1. The summed E-state index contributed by atoms with van der Waals surface area (Å²) in [6.07, 6.45) is 4.30. The lowest BCUT2D eigenvalue weighted by Gasteiger charge is -2.16. The Bertz CT molecular complexity index is 845. The Labute approximate surface area is 127 Å². The van der Waals surface area contributed by atoms with Crippen LogP contribution in [0.15, 0.2) is 54.6 Å². The average Bonchev–Trinajstić information content (AvgIpc) is 3.01. The molecule has 20 heavy (non-hydrogen) atoms. The molecule has 1 atom stereocenters. The molecule has 0 radical (unpaired) electrons. The van der Waals surface area contributed by atoms with Crippen LogP contribution in [0, 0.1) is 0 Å².